The van der Waals surface area contributed by atoms with Crippen LogP contribution < -0.4 is 11.1 Å². The second-order valence-corrected chi connectivity index (χ2v) is 5.22. The first-order valence-electron chi connectivity index (χ1n) is 6.96. The highest BCUT2D eigenvalue weighted by Crippen LogP contribution is 2.28. The lowest BCUT2D eigenvalue weighted by Crippen LogP contribution is -2.04. The third-order valence-electron chi connectivity index (χ3n) is 3.32. The van der Waals surface area contributed by atoms with Crippen LogP contribution in [-0.2, 0) is 6.42 Å². The van der Waals surface area contributed by atoms with Crippen LogP contribution in [-0.4, -0.2) is 6.54 Å². The van der Waals surface area contributed by atoms with Gasteiger partial charge in [0, 0.05) is 5.69 Å². The summed E-state index contributed by atoms with van der Waals surface area (Å²) >= 11 is 0. The molecule has 2 nitrogen and oxygen atoms in total. The van der Waals surface area contributed by atoms with Crippen LogP contribution in [0.4, 0.5) is 15.8 Å². The molecule has 0 atom stereocenters. The van der Waals surface area contributed by atoms with Crippen LogP contribution in [0.5, 0.6) is 0 Å². The van der Waals surface area contributed by atoms with Crippen molar-refractivity contribution >= 4 is 11.4 Å². The molecule has 3 N–H and O–H groups in total. The van der Waals surface area contributed by atoms with E-state index in [-0.39, 0.29) is 5.82 Å². The van der Waals surface area contributed by atoms with E-state index < -0.39 is 0 Å². The van der Waals surface area contributed by atoms with Crippen LogP contribution in [0.2, 0.25) is 0 Å². The van der Waals surface area contributed by atoms with Crippen LogP contribution in [0.25, 0.3) is 0 Å². The standard InChI is InChI=1S/C17H21FN2/c1-12(2)14-5-3-4-6-16(14)20-17-8-7-13(9-10-19)11-15(17)18/h3-8,11-12,20H,9-10,19H2,1-2H3. The zero-order chi connectivity index (χ0) is 14.5. The van der Waals surface area contributed by atoms with Gasteiger partial charge in [0.15, 0.2) is 0 Å². The molecule has 2 aromatic carbocycles. The highest BCUT2D eigenvalue weighted by atomic mass is 19.1. The molecule has 0 saturated carbocycles. The number of nitrogens with one attached hydrogen (secondary N) is 1. The van der Waals surface area contributed by atoms with Gasteiger partial charge in [0.2, 0.25) is 0 Å². The first kappa shape index (κ1) is 14.5. The molecule has 0 spiro atoms. The van der Waals surface area contributed by atoms with E-state index in [2.05, 4.69) is 25.2 Å². The van der Waals surface area contributed by atoms with E-state index in [1.807, 2.05) is 24.3 Å². The van der Waals surface area contributed by atoms with E-state index in [1.165, 1.54) is 5.56 Å². The number of halogens is 1. The number of nitrogens with two attached hydrogens (primary N) is 1. The molecule has 0 aliphatic heterocycles. The van der Waals surface area contributed by atoms with E-state index in [1.54, 1.807) is 12.1 Å². The molecule has 0 saturated heterocycles. The van der Waals surface area contributed by atoms with Crippen molar-refractivity contribution in [2.24, 2.45) is 5.73 Å². The third-order valence-corrected chi connectivity index (χ3v) is 3.32. The lowest BCUT2D eigenvalue weighted by molar-refractivity contribution is 0.629. The Morgan fingerprint density at radius 3 is 2.50 bits per heavy atom. The summed E-state index contributed by atoms with van der Waals surface area (Å²) in [4.78, 5) is 0. The number of anilines is 2. The van der Waals surface area contributed by atoms with Crippen LogP contribution >= 0.6 is 0 Å². The fraction of sp³-hybridized carbons (Fsp3) is 0.294. The minimum absolute atomic E-state index is 0.241. The molecule has 0 bridgehead atoms. The number of rotatable bonds is 5. The lowest BCUT2D eigenvalue weighted by Gasteiger charge is -2.15. The largest absolute Gasteiger partial charge is 0.353 e. The quantitative estimate of drug-likeness (QED) is 0.856. The van der Waals surface area contributed by atoms with Gasteiger partial charge in [0.05, 0.1) is 5.69 Å². The Labute approximate surface area is 119 Å². The van der Waals surface area contributed by atoms with Gasteiger partial charge in [-0.05, 0) is 48.2 Å². The predicted molar refractivity (Wildman–Crippen MR) is 83.0 cm³/mol. The topological polar surface area (TPSA) is 38.0 Å². The number of hydrogen-bond acceptors (Lipinski definition) is 2. The molecule has 0 heterocycles. The zero-order valence-corrected chi connectivity index (χ0v) is 12.0. The van der Waals surface area contributed by atoms with E-state index in [0.29, 0.717) is 24.6 Å². The molecular formula is C17H21FN2. The van der Waals surface area contributed by atoms with Gasteiger partial charge in [-0.1, -0.05) is 38.1 Å². The Bertz CT molecular complexity index is 579. The highest BCUT2D eigenvalue weighted by molar-refractivity contribution is 5.64. The molecule has 2 rings (SSSR count). The second-order valence-electron chi connectivity index (χ2n) is 5.22. The fourth-order valence-corrected chi connectivity index (χ4v) is 2.24. The molecule has 0 aliphatic carbocycles. The average Bonchev–Trinajstić information content (AvgIpc) is 2.42. The van der Waals surface area contributed by atoms with Crippen LogP contribution in [0.3, 0.4) is 0 Å². The average molecular weight is 272 g/mol. The number of hydrogen-bond donors (Lipinski definition) is 2. The number of benzene rings is 2. The van der Waals surface area contributed by atoms with Crippen LogP contribution in [0.1, 0.15) is 30.9 Å². The molecule has 2 aromatic rings. The molecule has 0 aromatic heterocycles. The van der Waals surface area contributed by atoms with E-state index >= 15 is 0 Å². The van der Waals surface area contributed by atoms with Gasteiger partial charge in [0.25, 0.3) is 0 Å². The molecule has 0 fully saturated rings. The Hall–Kier alpha value is -1.87. The highest BCUT2D eigenvalue weighted by Gasteiger charge is 2.08. The normalized spacial score (nSPS) is 10.8. The summed E-state index contributed by atoms with van der Waals surface area (Å²) in [6.07, 6.45) is 0.694. The first-order valence-corrected chi connectivity index (χ1v) is 6.96. The Morgan fingerprint density at radius 2 is 1.85 bits per heavy atom. The van der Waals surface area contributed by atoms with Crippen molar-refractivity contribution in [3.05, 3.63) is 59.4 Å². The van der Waals surface area contributed by atoms with Crippen molar-refractivity contribution in [1.82, 2.24) is 0 Å². The van der Waals surface area contributed by atoms with Gasteiger partial charge in [-0.2, -0.15) is 0 Å². The van der Waals surface area contributed by atoms with E-state index in [9.17, 15) is 4.39 Å². The van der Waals surface area contributed by atoms with Crippen molar-refractivity contribution in [2.45, 2.75) is 26.2 Å². The Kier molecular flexibility index (Phi) is 4.74. The van der Waals surface area contributed by atoms with Gasteiger partial charge in [-0.15, -0.1) is 0 Å². The maximum Gasteiger partial charge on any atom is 0.146 e. The summed E-state index contributed by atoms with van der Waals surface area (Å²) < 4.78 is 14.1. The molecule has 20 heavy (non-hydrogen) atoms. The summed E-state index contributed by atoms with van der Waals surface area (Å²) in [5.41, 5.74) is 9.04. The van der Waals surface area contributed by atoms with E-state index in [0.717, 1.165) is 11.3 Å². The summed E-state index contributed by atoms with van der Waals surface area (Å²) in [5.74, 6) is 0.146. The van der Waals surface area contributed by atoms with E-state index in [4.69, 9.17) is 5.73 Å². The van der Waals surface area contributed by atoms with Crippen molar-refractivity contribution in [1.29, 1.82) is 0 Å². The third kappa shape index (κ3) is 3.36. The minimum Gasteiger partial charge on any atom is -0.353 e. The van der Waals surface area contributed by atoms with Gasteiger partial charge in [0.1, 0.15) is 5.82 Å². The molecule has 0 radical (unpaired) electrons. The van der Waals surface area contributed by atoms with Crippen LogP contribution in [0, 0.1) is 5.82 Å². The summed E-state index contributed by atoms with van der Waals surface area (Å²) in [5, 5.41) is 3.19. The van der Waals surface area contributed by atoms with Gasteiger partial charge >= 0.3 is 0 Å². The predicted octanol–water partition coefficient (Wildman–Crippen LogP) is 4.19. The lowest BCUT2D eigenvalue weighted by atomic mass is 10.0. The first-order chi connectivity index (χ1) is 9.61. The van der Waals surface area contributed by atoms with Gasteiger partial charge in [-0.3, -0.25) is 0 Å². The van der Waals surface area contributed by atoms with Gasteiger partial charge in [-0.25, -0.2) is 4.39 Å². The molecule has 0 amide bonds. The van der Waals surface area contributed by atoms with Crippen LogP contribution in [0.15, 0.2) is 42.5 Å². The molecule has 3 heteroatoms. The smallest absolute Gasteiger partial charge is 0.146 e. The number of para-hydroxylation sites is 1. The fourth-order valence-electron chi connectivity index (χ4n) is 2.24. The zero-order valence-electron chi connectivity index (χ0n) is 12.0. The summed E-state index contributed by atoms with van der Waals surface area (Å²) in [6.45, 7) is 4.78. The molecule has 0 aliphatic rings. The summed E-state index contributed by atoms with van der Waals surface area (Å²) in [6, 6.07) is 13.2. The van der Waals surface area contributed by atoms with Gasteiger partial charge < -0.3 is 11.1 Å². The van der Waals surface area contributed by atoms with Crippen molar-refractivity contribution < 1.29 is 4.39 Å². The van der Waals surface area contributed by atoms with Crippen molar-refractivity contribution in [2.75, 3.05) is 11.9 Å². The second kappa shape index (κ2) is 6.53. The molecule has 0 unspecified atom stereocenters. The molecular weight excluding hydrogens is 251 g/mol. The SMILES string of the molecule is CC(C)c1ccccc1Nc1ccc(CCN)cc1F. The summed E-state index contributed by atoms with van der Waals surface area (Å²) in [7, 11) is 0. The minimum atomic E-state index is -0.241. The Balaban J connectivity index is 2.26. The maximum atomic E-state index is 14.1. The Morgan fingerprint density at radius 1 is 1.10 bits per heavy atom. The van der Waals surface area contributed by atoms with Crippen molar-refractivity contribution in [3.8, 4) is 0 Å². The van der Waals surface area contributed by atoms with Crippen molar-refractivity contribution in [3.63, 3.8) is 0 Å². The monoisotopic (exact) mass is 272 g/mol. The molecule has 106 valence electrons. The maximum absolute atomic E-state index is 14.1.